The van der Waals surface area contributed by atoms with E-state index < -0.39 is 5.54 Å². The van der Waals surface area contributed by atoms with Gasteiger partial charge in [-0.15, -0.1) is 11.3 Å². The van der Waals surface area contributed by atoms with Crippen LogP contribution in [-0.2, 0) is 5.54 Å². The Labute approximate surface area is 109 Å². The molecular weight excluding hydrogens is 251 g/mol. The predicted octanol–water partition coefficient (Wildman–Crippen LogP) is 2.95. The van der Waals surface area contributed by atoms with Gasteiger partial charge in [0.25, 0.3) is 5.91 Å². The molecule has 0 fully saturated rings. The highest BCUT2D eigenvalue weighted by molar-refractivity contribution is 7.07. The molecule has 2 rings (SSSR count). The van der Waals surface area contributed by atoms with Crippen molar-refractivity contribution in [1.29, 1.82) is 0 Å². The van der Waals surface area contributed by atoms with Gasteiger partial charge in [0.05, 0.1) is 11.0 Å². The second-order valence-electron chi connectivity index (χ2n) is 4.46. The van der Waals surface area contributed by atoms with Crippen molar-refractivity contribution in [2.45, 2.75) is 19.4 Å². The molecule has 3 nitrogen and oxygen atoms in total. The third-order valence-corrected chi connectivity index (χ3v) is 3.22. The first-order valence-corrected chi connectivity index (χ1v) is 6.40. The molecule has 0 atom stereocenters. The standard InChI is InChI=1S/C13H13FN2OS/c1-13(2,9-4-3-5-10(14)6-9)16-12(17)11-7-18-8-15-11/h3-8H,1-2H3,(H,16,17). The van der Waals surface area contributed by atoms with Crippen LogP contribution in [0.5, 0.6) is 0 Å². The fourth-order valence-corrected chi connectivity index (χ4v) is 2.15. The molecule has 1 amide bonds. The highest BCUT2D eigenvalue weighted by atomic mass is 32.1. The average Bonchev–Trinajstić information content (AvgIpc) is 2.82. The molecule has 0 bridgehead atoms. The van der Waals surface area contributed by atoms with Gasteiger partial charge in [-0.05, 0) is 31.5 Å². The zero-order chi connectivity index (χ0) is 13.2. The molecule has 0 radical (unpaired) electrons. The predicted molar refractivity (Wildman–Crippen MR) is 69.0 cm³/mol. The van der Waals surface area contributed by atoms with Gasteiger partial charge in [0.15, 0.2) is 0 Å². The minimum Gasteiger partial charge on any atom is -0.342 e. The summed E-state index contributed by atoms with van der Waals surface area (Å²) >= 11 is 1.36. The summed E-state index contributed by atoms with van der Waals surface area (Å²) in [5.74, 6) is -0.575. The van der Waals surface area contributed by atoms with E-state index in [1.165, 1.54) is 23.5 Å². The van der Waals surface area contributed by atoms with E-state index in [0.717, 1.165) is 0 Å². The summed E-state index contributed by atoms with van der Waals surface area (Å²) in [6.45, 7) is 3.65. The summed E-state index contributed by atoms with van der Waals surface area (Å²) in [6.07, 6.45) is 0. The van der Waals surface area contributed by atoms with E-state index in [9.17, 15) is 9.18 Å². The lowest BCUT2D eigenvalue weighted by Gasteiger charge is -2.26. The molecule has 5 heteroatoms. The highest BCUT2D eigenvalue weighted by Gasteiger charge is 2.24. The van der Waals surface area contributed by atoms with Crippen LogP contribution in [0.3, 0.4) is 0 Å². The Morgan fingerprint density at radius 2 is 2.22 bits per heavy atom. The Kier molecular flexibility index (Phi) is 3.43. The number of carbonyl (C=O) groups is 1. The summed E-state index contributed by atoms with van der Waals surface area (Å²) < 4.78 is 13.2. The Morgan fingerprint density at radius 1 is 1.44 bits per heavy atom. The topological polar surface area (TPSA) is 42.0 Å². The van der Waals surface area contributed by atoms with Crippen molar-refractivity contribution in [3.8, 4) is 0 Å². The highest BCUT2D eigenvalue weighted by Crippen LogP contribution is 2.21. The third kappa shape index (κ3) is 2.73. The van der Waals surface area contributed by atoms with Gasteiger partial charge in [-0.25, -0.2) is 9.37 Å². The van der Waals surface area contributed by atoms with E-state index in [2.05, 4.69) is 10.3 Å². The molecule has 0 unspecified atom stereocenters. The molecule has 0 aliphatic heterocycles. The first-order valence-electron chi connectivity index (χ1n) is 5.46. The smallest absolute Gasteiger partial charge is 0.271 e. The number of benzene rings is 1. The van der Waals surface area contributed by atoms with Crippen LogP contribution in [0.25, 0.3) is 0 Å². The molecule has 1 heterocycles. The van der Waals surface area contributed by atoms with Crippen LogP contribution in [0.2, 0.25) is 0 Å². The van der Waals surface area contributed by atoms with Gasteiger partial charge < -0.3 is 5.32 Å². The Balaban J connectivity index is 2.19. The number of hydrogen-bond donors (Lipinski definition) is 1. The summed E-state index contributed by atoms with van der Waals surface area (Å²) in [5.41, 5.74) is 2.04. The molecule has 0 spiro atoms. The normalized spacial score (nSPS) is 11.3. The van der Waals surface area contributed by atoms with E-state index in [4.69, 9.17) is 0 Å². The lowest BCUT2D eigenvalue weighted by Crippen LogP contribution is -2.41. The van der Waals surface area contributed by atoms with E-state index >= 15 is 0 Å². The van der Waals surface area contributed by atoms with Gasteiger partial charge >= 0.3 is 0 Å². The average molecular weight is 264 g/mol. The van der Waals surface area contributed by atoms with Gasteiger partial charge in [-0.3, -0.25) is 4.79 Å². The Hall–Kier alpha value is -1.75. The molecule has 0 aliphatic carbocycles. The number of amides is 1. The maximum absolute atomic E-state index is 13.2. The van der Waals surface area contributed by atoms with Crippen molar-refractivity contribution in [2.75, 3.05) is 0 Å². The van der Waals surface area contributed by atoms with Crippen molar-refractivity contribution in [1.82, 2.24) is 10.3 Å². The van der Waals surface area contributed by atoms with Crippen molar-refractivity contribution in [2.24, 2.45) is 0 Å². The Morgan fingerprint density at radius 3 is 2.83 bits per heavy atom. The zero-order valence-electron chi connectivity index (χ0n) is 10.1. The first-order chi connectivity index (χ1) is 8.49. The summed E-state index contributed by atoms with van der Waals surface area (Å²) in [6, 6.07) is 6.20. The van der Waals surface area contributed by atoms with Crippen molar-refractivity contribution in [3.63, 3.8) is 0 Å². The van der Waals surface area contributed by atoms with Crippen LogP contribution >= 0.6 is 11.3 Å². The van der Waals surface area contributed by atoms with Gasteiger partial charge in [0, 0.05) is 5.38 Å². The second-order valence-corrected chi connectivity index (χ2v) is 5.18. The molecule has 18 heavy (non-hydrogen) atoms. The molecule has 1 aromatic heterocycles. The minimum atomic E-state index is -0.650. The molecule has 0 saturated carbocycles. The minimum absolute atomic E-state index is 0.259. The lowest BCUT2D eigenvalue weighted by molar-refractivity contribution is 0.0907. The number of thiazole rings is 1. The van der Waals surface area contributed by atoms with Gasteiger partial charge in [-0.1, -0.05) is 12.1 Å². The van der Waals surface area contributed by atoms with Crippen molar-refractivity contribution >= 4 is 17.2 Å². The number of rotatable bonds is 3. The van der Waals surface area contributed by atoms with E-state index in [-0.39, 0.29) is 11.7 Å². The van der Waals surface area contributed by atoms with Crippen LogP contribution in [0.4, 0.5) is 4.39 Å². The Bertz CT molecular complexity index is 552. The van der Waals surface area contributed by atoms with Crippen molar-refractivity contribution in [3.05, 3.63) is 52.2 Å². The molecule has 1 N–H and O–H groups in total. The third-order valence-electron chi connectivity index (χ3n) is 2.64. The fourth-order valence-electron chi connectivity index (χ4n) is 1.62. The number of aromatic nitrogens is 1. The molecular formula is C13H13FN2OS. The lowest BCUT2D eigenvalue weighted by atomic mass is 9.94. The molecule has 1 aromatic carbocycles. The number of nitrogens with one attached hydrogen (secondary N) is 1. The van der Waals surface area contributed by atoms with Crippen LogP contribution in [0, 0.1) is 5.82 Å². The number of hydrogen-bond acceptors (Lipinski definition) is 3. The largest absolute Gasteiger partial charge is 0.342 e. The van der Waals surface area contributed by atoms with Crippen LogP contribution in [-0.4, -0.2) is 10.9 Å². The second kappa shape index (κ2) is 4.86. The van der Waals surface area contributed by atoms with E-state index in [0.29, 0.717) is 11.3 Å². The first kappa shape index (κ1) is 12.7. The molecule has 0 aliphatic rings. The van der Waals surface area contributed by atoms with Gasteiger partial charge in [0.2, 0.25) is 0 Å². The number of carbonyl (C=O) groups excluding carboxylic acids is 1. The van der Waals surface area contributed by atoms with Crippen molar-refractivity contribution < 1.29 is 9.18 Å². The molecule has 0 saturated heterocycles. The maximum Gasteiger partial charge on any atom is 0.271 e. The summed E-state index contributed by atoms with van der Waals surface area (Å²) in [5, 5.41) is 4.52. The van der Waals surface area contributed by atoms with E-state index in [1.54, 1.807) is 23.0 Å². The fraction of sp³-hybridized carbons (Fsp3) is 0.231. The number of halogens is 1. The van der Waals surface area contributed by atoms with E-state index in [1.807, 2.05) is 13.8 Å². The van der Waals surface area contributed by atoms with Crippen LogP contribution in [0.15, 0.2) is 35.2 Å². The van der Waals surface area contributed by atoms with Gasteiger partial charge in [-0.2, -0.15) is 0 Å². The number of nitrogens with zero attached hydrogens (tertiary/aromatic N) is 1. The SMILES string of the molecule is CC(C)(NC(=O)c1cscn1)c1cccc(F)c1. The molecule has 2 aromatic rings. The van der Waals surface area contributed by atoms with Crippen LogP contribution < -0.4 is 5.32 Å². The maximum atomic E-state index is 13.2. The summed E-state index contributed by atoms with van der Waals surface area (Å²) in [4.78, 5) is 15.9. The van der Waals surface area contributed by atoms with Crippen LogP contribution in [0.1, 0.15) is 29.9 Å². The molecule has 94 valence electrons. The summed E-state index contributed by atoms with van der Waals surface area (Å²) in [7, 11) is 0. The quantitative estimate of drug-likeness (QED) is 0.926. The monoisotopic (exact) mass is 264 g/mol. The zero-order valence-corrected chi connectivity index (χ0v) is 10.9. The van der Waals surface area contributed by atoms with Gasteiger partial charge in [0.1, 0.15) is 11.5 Å².